The van der Waals surface area contributed by atoms with Gasteiger partial charge < -0.3 is 30.5 Å². The van der Waals surface area contributed by atoms with Crippen LogP contribution in [0.25, 0.3) is 0 Å². The van der Waals surface area contributed by atoms with E-state index in [1.807, 2.05) is 5.32 Å². The minimum absolute atomic E-state index is 0.228. The van der Waals surface area contributed by atoms with Gasteiger partial charge in [0.15, 0.2) is 6.29 Å². The van der Waals surface area contributed by atoms with E-state index in [0.29, 0.717) is 5.02 Å². The number of rotatable bonds is 4. The topological polar surface area (TPSA) is 165 Å². The molecule has 5 atom stereocenters. The van der Waals surface area contributed by atoms with Crippen LogP contribution in [0, 0.1) is 0 Å². The third-order valence-corrected chi connectivity index (χ3v) is 5.15. The zero-order valence-corrected chi connectivity index (χ0v) is 14.2. The Balaban J connectivity index is 2.05. The van der Waals surface area contributed by atoms with E-state index in [0.717, 1.165) is 0 Å². The molecule has 2 rings (SSSR count). The predicted octanol–water partition coefficient (Wildman–Crippen LogP) is -1.87. The molecule has 0 bridgehead atoms. The first-order chi connectivity index (χ1) is 11.7. The maximum atomic E-state index is 12.1. The molecular weight excluding hydrogens is 380 g/mol. The van der Waals surface area contributed by atoms with Crippen molar-refractivity contribution in [2.75, 3.05) is 6.61 Å². The summed E-state index contributed by atoms with van der Waals surface area (Å²) in [4.78, 5) is 11.7. The maximum Gasteiger partial charge on any atom is 0.329 e. The number of aliphatic hydroxyl groups is 4. The fraction of sp³-hybridized carbons (Fsp3) is 0.462. The highest BCUT2D eigenvalue weighted by molar-refractivity contribution is 7.90. The Morgan fingerprint density at radius 2 is 1.76 bits per heavy atom. The van der Waals surface area contributed by atoms with Gasteiger partial charge in [-0.05, 0) is 24.3 Å². The van der Waals surface area contributed by atoms with Gasteiger partial charge in [0.05, 0.1) is 11.5 Å². The van der Waals surface area contributed by atoms with Crippen molar-refractivity contribution < 1.29 is 38.4 Å². The lowest BCUT2D eigenvalue weighted by molar-refractivity contribution is -0.252. The number of carbonyl (C=O) groups excluding carboxylic acids is 1. The smallest absolute Gasteiger partial charge is 0.329 e. The SMILES string of the molecule is O=C(NC1C(O)OC(CO)C(O)C1O)NS(=O)(=O)c1ccc(Cl)cc1. The average Bonchev–Trinajstić information content (AvgIpc) is 2.55. The van der Waals surface area contributed by atoms with Gasteiger partial charge in [-0.2, -0.15) is 0 Å². The molecule has 12 heteroatoms. The van der Waals surface area contributed by atoms with Crippen LogP contribution in [-0.4, -0.2) is 72.1 Å². The highest BCUT2D eigenvalue weighted by Gasteiger charge is 2.44. The van der Waals surface area contributed by atoms with Crippen LogP contribution in [0.4, 0.5) is 4.79 Å². The summed E-state index contributed by atoms with van der Waals surface area (Å²) in [5.74, 6) is 0. The summed E-state index contributed by atoms with van der Waals surface area (Å²) < 4.78 is 30.7. The van der Waals surface area contributed by atoms with E-state index in [4.69, 9.17) is 21.4 Å². The zero-order chi connectivity index (χ0) is 18.8. The first-order valence-electron chi connectivity index (χ1n) is 7.05. The van der Waals surface area contributed by atoms with Crippen LogP contribution in [0.5, 0.6) is 0 Å². The number of ether oxygens (including phenoxy) is 1. The third-order valence-electron chi connectivity index (χ3n) is 3.55. The van der Waals surface area contributed by atoms with Crippen molar-refractivity contribution in [3.05, 3.63) is 29.3 Å². The fourth-order valence-electron chi connectivity index (χ4n) is 2.23. The summed E-state index contributed by atoms with van der Waals surface area (Å²) >= 11 is 5.66. The number of amides is 2. The van der Waals surface area contributed by atoms with Crippen molar-refractivity contribution in [2.45, 2.75) is 35.5 Å². The number of sulfonamides is 1. The number of benzene rings is 1. The molecule has 10 nitrogen and oxygen atoms in total. The number of carbonyl (C=O) groups is 1. The summed E-state index contributed by atoms with van der Waals surface area (Å²) in [6.07, 6.45) is -6.29. The molecule has 1 saturated heterocycles. The summed E-state index contributed by atoms with van der Waals surface area (Å²) in [5.41, 5.74) is 0. The molecule has 6 N–H and O–H groups in total. The van der Waals surface area contributed by atoms with Gasteiger partial charge in [-0.25, -0.2) is 17.9 Å². The summed E-state index contributed by atoms with van der Waals surface area (Å²) in [6, 6.07) is 2.24. The molecule has 0 spiro atoms. The Bertz CT molecular complexity index is 713. The van der Waals surface area contributed by atoms with Gasteiger partial charge in [0, 0.05) is 5.02 Å². The predicted molar refractivity (Wildman–Crippen MR) is 84.1 cm³/mol. The van der Waals surface area contributed by atoms with Gasteiger partial charge in [-0.15, -0.1) is 0 Å². The van der Waals surface area contributed by atoms with Crippen molar-refractivity contribution in [3.8, 4) is 0 Å². The van der Waals surface area contributed by atoms with Crippen LogP contribution >= 0.6 is 11.6 Å². The molecular formula is C13H17ClN2O8S. The molecule has 5 unspecified atom stereocenters. The number of hydrogen-bond acceptors (Lipinski definition) is 8. The van der Waals surface area contributed by atoms with E-state index >= 15 is 0 Å². The first-order valence-corrected chi connectivity index (χ1v) is 8.91. The standard InChI is InChI=1S/C13H17ClN2O8S/c14-6-1-3-7(4-2-6)25(22,23)16-13(21)15-9-11(19)10(18)8(5-17)24-12(9)20/h1-4,8-12,17-20H,5H2,(H2,15,16,21). The molecule has 1 aliphatic rings. The molecule has 1 aromatic carbocycles. The van der Waals surface area contributed by atoms with Crippen LogP contribution in [0.15, 0.2) is 29.2 Å². The molecule has 1 fully saturated rings. The van der Waals surface area contributed by atoms with Crippen molar-refractivity contribution in [1.29, 1.82) is 0 Å². The minimum Gasteiger partial charge on any atom is -0.394 e. The summed E-state index contributed by atoms with van der Waals surface area (Å²) in [5, 5.41) is 40.6. The number of urea groups is 1. The van der Waals surface area contributed by atoms with E-state index in [-0.39, 0.29) is 4.90 Å². The molecule has 0 aromatic heterocycles. The highest BCUT2D eigenvalue weighted by atomic mass is 35.5. The maximum absolute atomic E-state index is 12.1. The Hall–Kier alpha value is -1.47. The average molecular weight is 397 g/mol. The first kappa shape index (κ1) is 19.8. The van der Waals surface area contributed by atoms with Crippen LogP contribution < -0.4 is 10.0 Å². The number of nitrogens with one attached hydrogen (secondary N) is 2. The summed E-state index contributed by atoms with van der Waals surface area (Å²) in [6.45, 7) is -0.668. The fourth-order valence-corrected chi connectivity index (χ4v) is 3.27. The third kappa shape index (κ3) is 4.58. The number of aliphatic hydroxyl groups excluding tert-OH is 4. The second-order valence-corrected chi connectivity index (χ2v) is 7.41. The Morgan fingerprint density at radius 3 is 2.32 bits per heavy atom. The minimum atomic E-state index is -4.22. The zero-order valence-electron chi connectivity index (χ0n) is 12.6. The van der Waals surface area contributed by atoms with Gasteiger partial charge in [-0.3, -0.25) is 0 Å². The van der Waals surface area contributed by atoms with Crippen molar-refractivity contribution in [1.82, 2.24) is 10.0 Å². The molecule has 1 aromatic rings. The van der Waals surface area contributed by atoms with Crippen LogP contribution in [-0.2, 0) is 14.8 Å². The van der Waals surface area contributed by atoms with E-state index in [1.54, 1.807) is 4.72 Å². The molecule has 1 heterocycles. The van der Waals surface area contributed by atoms with Crippen LogP contribution in [0.1, 0.15) is 0 Å². The monoisotopic (exact) mass is 396 g/mol. The second kappa shape index (κ2) is 7.83. The molecule has 0 radical (unpaired) electrons. The molecule has 0 aliphatic carbocycles. The molecule has 1 aliphatic heterocycles. The van der Waals surface area contributed by atoms with Gasteiger partial charge in [0.25, 0.3) is 10.0 Å². The number of hydrogen-bond donors (Lipinski definition) is 6. The van der Waals surface area contributed by atoms with E-state index in [9.17, 15) is 28.5 Å². The lowest BCUT2D eigenvalue weighted by Crippen LogP contribution is -2.65. The van der Waals surface area contributed by atoms with Crippen molar-refractivity contribution in [3.63, 3.8) is 0 Å². The van der Waals surface area contributed by atoms with Crippen LogP contribution in [0.3, 0.4) is 0 Å². The van der Waals surface area contributed by atoms with Crippen molar-refractivity contribution >= 4 is 27.7 Å². The molecule has 2 amide bonds. The van der Waals surface area contributed by atoms with E-state index in [2.05, 4.69) is 0 Å². The molecule has 140 valence electrons. The lowest BCUT2D eigenvalue weighted by Gasteiger charge is -2.40. The highest BCUT2D eigenvalue weighted by Crippen LogP contribution is 2.20. The molecule has 0 saturated carbocycles. The van der Waals surface area contributed by atoms with Crippen molar-refractivity contribution in [2.24, 2.45) is 0 Å². The Kier molecular flexibility index (Phi) is 6.21. The lowest BCUT2D eigenvalue weighted by atomic mass is 9.97. The number of halogens is 1. The Morgan fingerprint density at radius 1 is 1.16 bits per heavy atom. The largest absolute Gasteiger partial charge is 0.394 e. The van der Waals surface area contributed by atoms with Crippen LogP contribution in [0.2, 0.25) is 5.02 Å². The quantitative estimate of drug-likeness (QED) is 0.344. The van der Waals surface area contributed by atoms with Gasteiger partial charge >= 0.3 is 6.03 Å². The molecule has 25 heavy (non-hydrogen) atoms. The normalized spacial score (nSPS) is 29.9. The summed E-state index contributed by atoms with van der Waals surface area (Å²) in [7, 11) is -4.22. The second-order valence-electron chi connectivity index (χ2n) is 5.29. The van der Waals surface area contributed by atoms with Gasteiger partial charge in [0.2, 0.25) is 0 Å². The van der Waals surface area contributed by atoms with Gasteiger partial charge in [0.1, 0.15) is 24.4 Å². The van der Waals surface area contributed by atoms with Gasteiger partial charge in [-0.1, -0.05) is 11.6 Å². The Labute approximate surface area is 148 Å². The van der Waals surface area contributed by atoms with E-state index < -0.39 is 53.3 Å². The van der Waals surface area contributed by atoms with E-state index in [1.165, 1.54) is 24.3 Å².